The molecule has 0 aliphatic heterocycles. The van der Waals surface area contributed by atoms with Gasteiger partial charge in [-0.15, -0.1) is 0 Å². The molecule has 3 nitrogen and oxygen atoms in total. The highest BCUT2D eigenvalue weighted by atomic mass is 16.3. The van der Waals surface area contributed by atoms with Crippen molar-refractivity contribution in [2.45, 2.75) is 19.1 Å². The smallest absolute Gasteiger partial charge is 0.134 e. The number of aliphatic hydroxyl groups is 1. The van der Waals surface area contributed by atoms with Crippen molar-refractivity contribution in [3.63, 3.8) is 0 Å². The first-order valence-corrected chi connectivity index (χ1v) is 6.65. The average Bonchev–Trinajstić information content (AvgIpc) is 2.82. The number of aliphatic hydroxyl groups excluding tert-OH is 1. The number of aryl methyl sites for hydroxylation is 1. The van der Waals surface area contributed by atoms with Crippen molar-refractivity contribution in [1.29, 1.82) is 0 Å². The molecule has 0 spiro atoms. The molecule has 0 saturated carbocycles. The molecular formula is C17H17NO2. The number of para-hydroxylation sites is 1. The van der Waals surface area contributed by atoms with Crippen LogP contribution in [0.4, 0.5) is 0 Å². The van der Waals surface area contributed by atoms with E-state index in [9.17, 15) is 5.11 Å². The van der Waals surface area contributed by atoms with Crippen LogP contribution < -0.4 is 5.73 Å². The van der Waals surface area contributed by atoms with Crippen LogP contribution in [0, 0.1) is 6.92 Å². The van der Waals surface area contributed by atoms with E-state index in [2.05, 4.69) is 0 Å². The van der Waals surface area contributed by atoms with E-state index in [0.717, 1.165) is 22.1 Å². The molecule has 3 aromatic rings. The molecule has 20 heavy (non-hydrogen) atoms. The van der Waals surface area contributed by atoms with Gasteiger partial charge in [-0.25, -0.2) is 0 Å². The third kappa shape index (κ3) is 2.11. The van der Waals surface area contributed by atoms with Gasteiger partial charge in [-0.05, 0) is 18.6 Å². The van der Waals surface area contributed by atoms with E-state index in [0.29, 0.717) is 5.76 Å². The summed E-state index contributed by atoms with van der Waals surface area (Å²) in [4.78, 5) is 0. The molecule has 0 bridgehead atoms. The number of nitrogens with two attached hydrogens (primary N) is 1. The summed E-state index contributed by atoms with van der Waals surface area (Å²) in [5.74, 6) is 0.713. The summed E-state index contributed by atoms with van der Waals surface area (Å²) in [6, 6.07) is 16.8. The summed E-state index contributed by atoms with van der Waals surface area (Å²) in [5.41, 5.74) is 8.66. The fourth-order valence-electron chi connectivity index (χ4n) is 2.59. The van der Waals surface area contributed by atoms with Gasteiger partial charge in [-0.2, -0.15) is 0 Å². The molecule has 2 unspecified atom stereocenters. The van der Waals surface area contributed by atoms with Crippen LogP contribution in [0.2, 0.25) is 0 Å². The second kappa shape index (κ2) is 5.12. The normalized spacial score (nSPS) is 14.3. The summed E-state index contributed by atoms with van der Waals surface area (Å²) in [5, 5.41) is 11.5. The number of furan rings is 1. The number of hydrogen-bond donors (Lipinski definition) is 2. The minimum Gasteiger partial charge on any atom is -0.461 e. The van der Waals surface area contributed by atoms with Crippen LogP contribution in [0.25, 0.3) is 11.0 Å². The number of rotatable bonds is 3. The molecule has 0 aliphatic carbocycles. The predicted octanol–water partition coefficient (Wildman–Crippen LogP) is 3.47. The Balaban J connectivity index is 2.04. The van der Waals surface area contributed by atoms with Gasteiger partial charge in [0, 0.05) is 10.9 Å². The average molecular weight is 267 g/mol. The topological polar surface area (TPSA) is 59.4 Å². The summed E-state index contributed by atoms with van der Waals surface area (Å²) >= 11 is 0. The predicted molar refractivity (Wildman–Crippen MR) is 79.3 cm³/mol. The molecule has 3 rings (SSSR count). The van der Waals surface area contributed by atoms with E-state index in [4.69, 9.17) is 10.2 Å². The molecular weight excluding hydrogens is 250 g/mol. The lowest BCUT2D eigenvalue weighted by Gasteiger charge is -2.19. The third-order valence-electron chi connectivity index (χ3n) is 3.64. The minimum atomic E-state index is -0.791. The zero-order valence-corrected chi connectivity index (χ0v) is 11.3. The lowest BCUT2D eigenvalue weighted by atomic mass is 9.95. The summed E-state index contributed by atoms with van der Waals surface area (Å²) in [6.45, 7) is 1.86. The van der Waals surface area contributed by atoms with Crippen molar-refractivity contribution in [3.05, 3.63) is 71.5 Å². The molecule has 1 aromatic heterocycles. The molecule has 102 valence electrons. The van der Waals surface area contributed by atoms with Crippen molar-refractivity contribution < 1.29 is 9.52 Å². The van der Waals surface area contributed by atoms with Crippen LogP contribution in [0.5, 0.6) is 0 Å². The van der Waals surface area contributed by atoms with Gasteiger partial charge < -0.3 is 15.3 Å². The highest BCUT2D eigenvalue weighted by Gasteiger charge is 2.24. The Morgan fingerprint density at radius 3 is 2.40 bits per heavy atom. The van der Waals surface area contributed by atoms with Crippen LogP contribution in [0.3, 0.4) is 0 Å². The zero-order chi connectivity index (χ0) is 14.1. The van der Waals surface area contributed by atoms with E-state index in [-0.39, 0.29) is 0 Å². The number of fused-ring (bicyclic) bond motifs is 1. The summed E-state index contributed by atoms with van der Waals surface area (Å²) in [7, 11) is 0. The maximum Gasteiger partial charge on any atom is 0.134 e. The second-order valence-electron chi connectivity index (χ2n) is 4.95. The molecule has 1 heterocycles. The van der Waals surface area contributed by atoms with Crippen LogP contribution in [-0.2, 0) is 0 Å². The molecule has 0 aliphatic rings. The fraction of sp³-hybridized carbons (Fsp3) is 0.176. The van der Waals surface area contributed by atoms with E-state index < -0.39 is 12.1 Å². The van der Waals surface area contributed by atoms with E-state index in [1.54, 1.807) is 0 Å². The van der Waals surface area contributed by atoms with Crippen LogP contribution in [-0.4, -0.2) is 5.11 Å². The molecule has 0 fully saturated rings. The van der Waals surface area contributed by atoms with Crippen molar-refractivity contribution in [1.82, 2.24) is 0 Å². The first-order chi connectivity index (χ1) is 9.68. The largest absolute Gasteiger partial charge is 0.461 e. The van der Waals surface area contributed by atoms with E-state index in [1.807, 2.05) is 61.5 Å². The fourth-order valence-corrected chi connectivity index (χ4v) is 2.59. The Morgan fingerprint density at radius 1 is 1.00 bits per heavy atom. The van der Waals surface area contributed by atoms with Gasteiger partial charge in [-0.1, -0.05) is 48.5 Å². The van der Waals surface area contributed by atoms with E-state index >= 15 is 0 Å². The first-order valence-electron chi connectivity index (χ1n) is 6.65. The third-order valence-corrected chi connectivity index (χ3v) is 3.64. The highest BCUT2D eigenvalue weighted by Crippen LogP contribution is 2.35. The Morgan fingerprint density at radius 2 is 1.65 bits per heavy atom. The van der Waals surface area contributed by atoms with Gasteiger partial charge in [0.25, 0.3) is 0 Å². The zero-order valence-electron chi connectivity index (χ0n) is 11.3. The van der Waals surface area contributed by atoms with Gasteiger partial charge in [-0.3, -0.25) is 0 Å². The molecule has 3 heteroatoms. The SMILES string of the molecule is Cc1oc2ccccc2c1C(O)C(N)c1ccccc1. The molecule has 0 saturated heterocycles. The van der Waals surface area contributed by atoms with Crippen molar-refractivity contribution in [2.24, 2.45) is 5.73 Å². The highest BCUT2D eigenvalue weighted by molar-refractivity contribution is 5.82. The number of hydrogen-bond acceptors (Lipinski definition) is 3. The molecule has 2 aromatic carbocycles. The Labute approximate surface area is 117 Å². The Bertz CT molecular complexity index is 718. The van der Waals surface area contributed by atoms with E-state index in [1.165, 1.54) is 0 Å². The Kier molecular flexibility index (Phi) is 3.30. The van der Waals surface area contributed by atoms with Gasteiger partial charge >= 0.3 is 0 Å². The van der Waals surface area contributed by atoms with Crippen molar-refractivity contribution in [3.8, 4) is 0 Å². The van der Waals surface area contributed by atoms with Gasteiger partial charge in [0.1, 0.15) is 17.4 Å². The van der Waals surface area contributed by atoms with Crippen molar-refractivity contribution >= 4 is 11.0 Å². The van der Waals surface area contributed by atoms with Gasteiger partial charge in [0.05, 0.1) is 6.04 Å². The van der Waals surface area contributed by atoms with Crippen molar-refractivity contribution in [2.75, 3.05) is 0 Å². The van der Waals surface area contributed by atoms with Crippen LogP contribution in [0.1, 0.15) is 29.0 Å². The quantitative estimate of drug-likeness (QED) is 0.763. The van der Waals surface area contributed by atoms with Crippen LogP contribution >= 0.6 is 0 Å². The van der Waals surface area contributed by atoms with Gasteiger partial charge in [0.15, 0.2) is 0 Å². The Hall–Kier alpha value is -2.10. The lowest BCUT2D eigenvalue weighted by molar-refractivity contribution is 0.146. The summed E-state index contributed by atoms with van der Waals surface area (Å²) in [6.07, 6.45) is -0.791. The monoisotopic (exact) mass is 267 g/mol. The molecule has 3 N–H and O–H groups in total. The maximum atomic E-state index is 10.6. The lowest BCUT2D eigenvalue weighted by Crippen LogP contribution is -2.19. The standard InChI is InChI=1S/C17H17NO2/c1-11-15(13-9-5-6-10-14(13)20-11)17(19)16(18)12-7-3-2-4-8-12/h2-10,16-17,19H,18H2,1H3. The number of benzene rings is 2. The first kappa shape index (κ1) is 12.9. The maximum absolute atomic E-state index is 10.6. The molecule has 0 radical (unpaired) electrons. The molecule has 0 amide bonds. The van der Waals surface area contributed by atoms with Gasteiger partial charge in [0.2, 0.25) is 0 Å². The molecule has 2 atom stereocenters. The minimum absolute atomic E-state index is 0.476. The van der Waals surface area contributed by atoms with Crippen LogP contribution in [0.15, 0.2) is 59.0 Å². The second-order valence-corrected chi connectivity index (χ2v) is 4.95. The summed E-state index contributed by atoms with van der Waals surface area (Å²) < 4.78 is 5.69.